The Balaban J connectivity index is 2.98. The number of carboxylic acid groups (broad SMARTS) is 1. The minimum Gasteiger partial charge on any atom is -0.481 e. The highest BCUT2D eigenvalue weighted by Crippen LogP contribution is 1.89. The minimum absolute atomic E-state index is 0.0285. The molecule has 0 bridgehead atoms. The first-order valence-corrected chi connectivity index (χ1v) is 2.65. The zero-order chi connectivity index (χ0) is 7.98. The van der Waals surface area contributed by atoms with Gasteiger partial charge in [-0.1, -0.05) is 0 Å². The topological polar surface area (TPSA) is 90.2 Å². The summed E-state index contributed by atoms with van der Waals surface area (Å²) in [7, 11) is 0. The lowest BCUT2D eigenvalue weighted by Gasteiger charge is -2.03. The molecular weight excluding hydrogens is 142 g/mol. The predicted octanol–water partition coefficient (Wildman–Crippen LogP) is -0.137. The molecule has 0 heterocycles. The lowest BCUT2D eigenvalue weighted by molar-refractivity contribution is -0.492. The van der Waals surface area contributed by atoms with Crippen LogP contribution in [0.1, 0.15) is 12.8 Å². The van der Waals surface area contributed by atoms with Crippen LogP contribution in [0.3, 0.4) is 0 Å². The predicted molar refractivity (Wildman–Crippen MR) is 28.2 cm³/mol. The number of nitrogens with zero attached hydrogens (tertiary/aromatic N) is 1. The summed E-state index contributed by atoms with van der Waals surface area (Å²) in [6.07, 6.45) is 0.195. The number of aliphatic carboxylic acids is 1. The Hall–Kier alpha value is -0.690. The van der Waals surface area contributed by atoms with Crippen LogP contribution in [0.15, 0.2) is 0 Å². The van der Waals surface area contributed by atoms with Gasteiger partial charge in [0.05, 0.1) is 12.0 Å². The second kappa shape index (κ2) is 5.12. The molecule has 0 aromatic heterocycles. The van der Waals surface area contributed by atoms with Gasteiger partial charge in [-0.3, -0.25) is 20.0 Å². The van der Waals surface area contributed by atoms with Crippen molar-refractivity contribution < 1.29 is 25.2 Å². The number of hydrogen-bond acceptors (Lipinski definition) is 5. The van der Waals surface area contributed by atoms with Crippen LogP contribution in [0.4, 0.5) is 0 Å². The largest absolute Gasteiger partial charge is 0.481 e. The second-order valence-electron chi connectivity index (χ2n) is 1.58. The van der Waals surface area contributed by atoms with E-state index in [0.717, 1.165) is 0 Å². The molecule has 60 valence electrons. The third kappa shape index (κ3) is 7.31. The van der Waals surface area contributed by atoms with Crippen LogP contribution >= 0.6 is 0 Å². The first-order chi connectivity index (χ1) is 4.63. The summed E-state index contributed by atoms with van der Waals surface area (Å²) >= 11 is 0. The molecule has 0 atom stereocenters. The molecule has 0 fully saturated rings. The molecule has 3 N–H and O–H groups in total. The van der Waals surface area contributed by atoms with Crippen molar-refractivity contribution in [1.29, 1.82) is 0 Å². The lowest BCUT2D eigenvalue weighted by Crippen LogP contribution is -2.15. The standard InChI is InChI=1S/C4H9NO5/c6-4(7)2-1-3-10-5(8)9/h8-9H,1-3H2,(H,6,7). The van der Waals surface area contributed by atoms with Crippen LogP contribution in [-0.2, 0) is 9.63 Å². The molecule has 0 aromatic carbocycles. The Kier molecular flexibility index (Phi) is 4.77. The molecule has 6 nitrogen and oxygen atoms in total. The molecule has 10 heavy (non-hydrogen) atoms. The van der Waals surface area contributed by atoms with Crippen molar-refractivity contribution in [1.82, 2.24) is 5.39 Å². The van der Waals surface area contributed by atoms with Gasteiger partial charge in [-0.2, -0.15) is 0 Å². The fourth-order valence-corrected chi connectivity index (χ4v) is 0.370. The quantitative estimate of drug-likeness (QED) is 0.374. The van der Waals surface area contributed by atoms with Crippen molar-refractivity contribution in [3.8, 4) is 0 Å². The smallest absolute Gasteiger partial charge is 0.303 e. The molecule has 0 radical (unpaired) electrons. The van der Waals surface area contributed by atoms with E-state index in [1.807, 2.05) is 0 Å². The molecule has 0 aromatic rings. The van der Waals surface area contributed by atoms with Gasteiger partial charge in [-0.15, -0.1) is 0 Å². The van der Waals surface area contributed by atoms with Crippen molar-refractivity contribution in [2.75, 3.05) is 6.61 Å². The van der Waals surface area contributed by atoms with Crippen LogP contribution in [0.25, 0.3) is 0 Å². The zero-order valence-corrected chi connectivity index (χ0v) is 5.23. The average Bonchev–Trinajstić information content (AvgIpc) is 1.79. The van der Waals surface area contributed by atoms with Crippen LogP contribution in [0.2, 0.25) is 0 Å². The summed E-state index contributed by atoms with van der Waals surface area (Å²) in [6, 6.07) is 0. The van der Waals surface area contributed by atoms with Crippen molar-refractivity contribution >= 4 is 5.97 Å². The number of carboxylic acids is 1. The van der Waals surface area contributed by atoms with Gasteiger partial charge in [-0.05, 0) is 6.42 Å². The van der Waals surface area contributed by atoms with Crippen LogP contribution in [-0.4, -0.2) is 33.5 Å². The Morgan fingerprint density at radius 1 is 1.50 bits per heavy atom. The van der Waals surface area contributed by atoms with Gasteiger partial charge in [0.25, 0.3) is 0 Å². The zero-order valence-electron chi connectivity index (χ0n) is 5.23. The summed E-state index contributed by atoms with van der Waals surface area (Å²) in [6.45, 7) is -0.0285. The first-order valence-electron chi connectivity index (χ1n) is 2.65. The monoisotopic (exact) mass is 151 g/mol. The molecule has 0 aliphatic rings. The van der Waals surface area contributed by atoms with E-state index < -0.39 is 11.4 Å². The van der Waals surface area contributed by atoms with E-state index in [1.54, 1.807) is 0 Å². The SMILES string of the molecule is O=C(O)CCCON(O)O. The van der Waals surface area contributed by atoms with Crippen molar-refractivity contribution in [3.05, 3.63) is 0 Å². The molecule has 0 aliphatic heterocycles. The van der Waals surface area contributed by atoms with Crippen LogP contribution < -0.4 is 0 Å². The van der Waals surface area contributed by atoms with Crippen molar-refractivity contribution in [3.63, 3.8) is 0 Å². The third-order valence-electron chi connectivity index (χ3n) is 0.742. The number of hydrogen-bond donors (Lipinski definition) is 3. The minimum atomic E-state index is -0.939. The van der Waals surface area contributed by atoms with Gasteiger partial charge >= 0.3 is 5.97 Å². The molecule has 0 unspecified atom stereocenters. The molecule has 6 heteroatoms. The molecule has 0 spiro atoms. The third-order valence-corrected chi connectivity index (χ3v) is 0.742. The van der Waals surface area contributed by atoms with E-state index in [4.69, 9.17) is 15.5 Å². The molecule has 0 rings (SSSR count). The summed E-state index contributed by atoms with van der Waals surface area (Å²) in [5.74, 6) is -0.939. The van der Waals surface area contributed by atoms with E-state index >= 15 is 0 Å². The first kappa shape index (κ1) is 9.31. The van der Waals surface area contributed by atoms with Crippen LogP contribution in [0.5, 0.6) is 0 Å². The molecule has 0 amide bonds. The highest BCUT2D eigenvalue weighted by atomic mass is 17.1. The van der Waals surface area contributed by atoms with E-state index in [1.165, 1.54) is 0 Å². The molecule has 0 aliphatic carbocycles. The van der Waals surface area contributed by atoms with Crippen molar-refractivity contribution in [2.24, 2.45) is 0 Å². The Bertz CT molecular complexity index is 104. The normalized spacial score (nSPS) is 10.3. The van der Waals surface area contributed by atoms with Gasteiger partial charge in [0.2, 0.25) is 0 Å². The fraction of sp³-hybridized carbons (Fsp3) is 0.750. The highest BCUT2D eigenvalue weighted by molar-refractivity contribution is 5.66. The molecular formula is C4H9NO5. The van der Waals surface area contributed by atoms with Crippen molar-refractivity contribution in [2.45, 2.75) is 12.8 Å². The maximum absolute atomic E-state index is 9.85. The molecule has 0 saturated carbocycles. The van der Waals surface area contributed by atoms with Crippen LogP contribution in [0, 0.1) is 0 Å². The van der Waals surface area contributed by atoms with Gasteiger partial charge in [-0.25, -0.2) is 0 Å². The summed E-state index contributed by atoms with van der Waals surface area (Å²) in [4.78, 5) is 13.9. The average molecular weight is 151 g/mol. The maximum Gasteiger partial charge on any atom is 0.303 e. The highest BCUT2D eigenvalue weighted by Gasteiger charge is 1.97. The Labute approximate surface area is 57.1 Å². The van der Waals surface area contributed by atoms with Gasteiger partial charge in [0.15, 0.2) is 0 Å². The maximum atomic E-state index is 9.85. The second-order valence-corrected chi connectivity index (χ2v) is 1.58. The summed E-state index contributed by atoms with van der Waals surface area (Å²) in [5, 5.41) is 23.5. The van der Waals surface area contributed by atoms with E-state index in [-0.39, 0.29) is 19.4 Å². The Morgan fingerprint density at radius 2 is 2.10 bits per heavy atom. The summed E-state index contributed by atoms with van der Waals surface area (Å²) < 4.78 is 0. The van der Waals surface area contributed by atoms with Gasteiger partial charge in [0, 0.05) is 6.42 Å². The van der Waals surface area contributed by atoms with Gasteiger partial charge in [0.1, 0.15) is 0 Å². The van der Waals surface area contributed by atoms with E-state index in [0.29, 0.717) is 0 Å². The molecule has 0 saturated heterocycles. The van der Waals surface area contributed by atoms with E-state index in [9.17, 15) is 4.79 Å². The lowest BCUT2D eigenvalue weighted by atomic mass is 10.3. The number of rotatable bonds is 5. The Morgan fingerprint density at radius 3 is 2.50 bits per heavy atom. The van der Waals surface area contributed by atoms with E-state index in [2.05, 4.69) is 4.84 Å². The fourth-order valence-electron chi connectivity index (χ4n) is 0.370. The number of carbonyl (C=O) groups is 1. The van der Waals surface area contributed by atoms with Gasteiger partial charge < -0.3 is 5.11 Å². The summed E-state index contributed by atoms with van der Waals surface area (Å²) in [5.41, 5.74) is 0.